The number of hydrogen-bond donors (Lipinski definition) is 1. The molecule has 3 aliphatic heterocycles. The van der Waals surface area contributed by atoms with Crippen molar-refractivity contribution in [1.29, 1.82) is 0 Å². The van der Waals surface area contributed by atoms with Crippen molar-refractivity contribution >= 4 is 5.91 Å². The van der Waals surface area contributed by atoms with Crippen molar-refractivity contribution in [3.63, 3.8) is 0 Å². The Bertz CT molecular complexity index is 1160. The molecule has 5 nitrogen and oxygen atoms in total. The Morgan fingerprint density at radius 3 is 2.59 bits per heavy atom. The second kappa shape index (κ2) is 11.3. The van der Waals surface area contributed by atoms with E-state index in [4.69, 9.17) is 9.47 Å². The molecule has 0 radical (unpaired) electrons. The lowest BCUT2D eigenvalue weighted by Crippen LogP contribution is -3.00. The number of ether oxygens (including phenoxy) is 2. The summed E-state index contributed by atoms with van der Waals surface area (Å²) in [5.74, 6) is -1.47. The molecule has 1 N–H and O–H groups in total. The second-order valence-electron chi connectivity index (χ2n) is 11.7. The zero-order valence-corrected chi connectivity index (χ0v) is 23.3. The van der Waals surface area contributed by atoms with Crippen molar-refractivity contribution in [1.82, 2.24) is 10.2 Å². The molecule has 1 saturated carbocycles. The molecule has 4 aliphatic rings. The summed E-state index contributed by atoms with van der Waals surface area (Å²) in [6.07, 6.45) is 2.51. The molecule has 2 aromatic rings. The van der Waals surface area contributed by atoms with Crippen LogP contribution in [-0.2, 0) is 21.6 Å². The van der Waals surface area contributed by atoms with Gasteiger partial charge in [0.15, 0.2) is 0 Å². The number of likely N-dealkylation sites (tertiary alicyclic amines) is 1. The molecule has 2 saturated heterocycles. The summed E-state index contributed by atoms with van der Waals surface area (Å²) in [4.78, 5) is 16.6. The van der Waals surface area contributed by atoms with E-state index in [0.29, 0.717) is 51.6 Å². The van der Waals surface area contributed by atoms with Crippen molar-refractivity contribution in [3.05, 3.63) is 65.2 Å². The topological polar surface area (TPSA) is 50.8 Å². The first kappa shape index (κ1) is 28.3. The Balaban J connectivity index is 0.00000308. The number of halogens is 3. The number of carbonyl (C=O) groups excluding carboxylic acids is 1. The molecule has 0 bridgehead atoms. The molecule has 8 heteroatoms. The molecule has 6 rings (SSSR count). The lowest BCUT2D eigenvalue weighted by Gasteiger charge is -2.48. The van der Waals surface area contributed by atoms with E-state index < -0.39 is 11.3 Å². The molecule has 3 heterocycles. The van der Waals surface area contributed by atoms with Crippen LogP contribution in [0.5, 0.6) is 5.75 Å². The summed E-state index contributed by atoms with van der Waals surface area (Å²) in [6, 6.07) is 16.5. The number of fused-ring (bicyclic) bond motifs is 2. The van der Waals surface area contributed by atoms with Crippen molar-refractivity contribution < 1.29 is 35.5 Å². The quantitative estimate of drug-likeness (QED) is 0.625. The highest BCUT2D eigenvalue weighted by molar-refractivity contribution is 5.82. The Hall–Kier alpha value is -2.22. The lowest BCUT2D eigenvalue weighted by molar-refractivity contribution is -0.145. The maximum atomic E-state index is 14.5. The van der Waals surface area contributed by atoms with Gasteiger partial charge in [-0.05, 0) is 54.7 Å². The minimum Gasteiger partial charge on any atom is -1.00 e. The van der Waals surface area contributed by atoms with E-state index in [2.05, 4.69) is 40.5 Å². The first-order valence-electron chi connectivity index (χ1n) is 14.1. The molecule has 4 atom stereocenters. The third-order valence-electron chi connectivity index (χ3n) is 9.75. The molecule has 1 spiro atoms. The fraction of sp³-hybridized carbons (Fsp3) is 0.581. The summed E-state index contributed by atoms with van der Waals surface area (Å²) in [6.45, 7) is 2.88. The summed E-state index contributed by atoms with van der Waals surface area (Å²) in [5, 5.41) is 3.50. The van der Waals surface area contributed by atoms with E-state index in [9.17, 15) is 13.6 Å². The molecule has 3 fully saturated rings. The maximum Gasteiger partial charge on any atom is 0.248 e. The Morgan fingerprint density at radius 1 is 1.08 bits per heavy atom. The third-order valence-corrected chi connectivity index (χ3v) is 9.75. The van der Waals surface area contributed by atoms with Crippen LogP contribution < -0.4 is 22.5 Å². The first-order chi connectivity index (χ1) is 18.4. The number of piperidine rings is 1. The van der Waals surface area contributed by atoms with Crippen LogP contribution in [0, 0.1) is 11.8 Å². The summed E-state index contributed by atoms with van der Waals surface area (Å²) in [7, 11) is 1.67. The summed E-state index contributed by atoms with van der Waals surface area (Å²) in [5.41, 5.74) is 2.99. The van der Waals surface area contributed by atoms with E-state index in [1.54, 1.807) is 7.11 Å². The predicted molar refractivity (Wildman–Crippen MR) is 142 cm³/mol. The van der Waals surface area contributed by atoms with Crippen LogP contribution >= 0.6 is 0 Å². The highest BCUT2D eigenvalue weighted by atomic mass is 35.5. The van der Waals surface area contributed by atoms with Gasteiger partial charge in [-0.2, -0.15) is 0 Å². The van der Waals surface area contributed by atoms with Gasteiger partial charge in [0.05, 0.1) is 26.2 Å². The predicted octanol–water partition coefficient (Wildman–Crippen LogP) is 2.29. The largest absolute Gasteiger partial charge is 1.00 e. The van der Waals surface area contributed by atoms with Crippen LogP contribution in [0.1, 0.15) is 61.1 Å². The standard InChI is InChI=1S/C31H38F2N2O3.ClH/c1-37-28-9-5-8-25-24(28)18-38-20-30(25)19-34-17-26(30)29(36)35-15-12-23(21-6-3-2-4-7-21)16-27(35)22-10-13-31(32,33)14-11-22;/h2-9,22-23,26-27,34H,10-20H2,1H3;1H/p-1/t23-,26+,27+,30-;/m1./s1. The number of nitrogens with one attached hydrogen (secondary N) is 1. The number of rotatable bonds is 4. The smallest absolute Gasteiger partial charge is 0.248 e. The van der Waals surface area contributed by atoms with E-state index >= 15 is 0 Å². The third kappa shape index (κ3) is 5.18. The van der Waals surface area contributed by atoms with Crippen molar-refractivity contribution in [2.75, 3.05) is 33.4 Å². The van der Waals surface area contributed by atoms with E-state index in [0.717, 1.165) is 29.7 Å². The number of alkyl halides is 2. The van der Waals surface area contributed by atoms with Gasteiger partial charge < -0.3 is 32.1 Å². The summed E-state index contributed by atoms with van der Waals surface area (Å²) >= 11 is 0. The minimum atomic E-state index is -2.58. The number of benzene rings is 2. The number of carbonyl (C=O) groups is 1. The van der Waals surface area contributed by atoms with Gasteiger partial charge in [0.1, 0.15) is 5.75 Å². The Labute approximate surface area is 236 Å². The SMILES string of the molecule is COc1cccc2c1COC[C@]21CNC[C@H]1C(=O)N1CC[C@@H](c2ccccc2)C[C@H]1C1CCC(F)(F)CC1.[Cl-]. The lowest BCUT2D eigenvalue weighted by atomic mass is 9.68. The molecule has 39 heavy (non-hydrogen) atoms. The zero-order valence-electron chi connectivity index (χ0n) is 22.5. The second-order valence-corrected chi connectivity index (χ2v) is 11.7. The van der Waals surface area contributed by atoms with E-state index in [-0.39, 0.29) is 49.0 Å². The van der Waals surface area contributed by atoms with Gasteiger partial charge in [-0.15, -0.1) is 0 Å². The molecule has 0 unspecified atom stereocenters. The monoisotopic (exact) mass is 559 g/mol. The molecule has 2 aromatic carbocycles. The molecule has 212 valence electrons. The Kier molecular flexibility index (Phi) is 8.23. The fourth-order valence-corrected chi connectivity index (χ4v) is 7.69. The van der Waals surface area contributed by atoms with Gasteiger partial charge in [0.2, 0.25) is 11.8 Å². The highest BCUT2D eigenvalue weighted by Gasteiger charge is 2.54. The number of nitrogens with zero attached hydrogens (tertiary/aromatic N) is 1. The number of amides is 1. The van der Waals surface area contributed by atoms with Gasteiger partial charge >= 0.3 is 0 Å². The van der Waals surface area contributed by atoms with Gasteiger partial charge in [-0.3, -0.25) is 4.79 Å². The Morgan fingerprint density at radius 2 is 1.85 bits per heavy atom. The van der Waals surface area contributed by atoms with Crippen LogP contribution in [0.25, 0.3) is 0 Å². The van der Waals surface area contributed by atoms with Gasteiger partial charge in [-0.25, -0.2) is 8.78 Å². The van der Waals surface area contributed by atoms with Gasteiger partial charge in [0, 0.05) is 49.5 Å². The molecule has 1 aliphatic carbocycles. The average molecular weight is 560 g/mol. The van der Waals surface area contributed by atoms with Crippen molar-refractivity contribution in [2.45, 2.75) is 68.4 Å². The zero-order chi connectivity index (χ0) is 26.3. The van der Waals surface area contributed by atoms with Gasteiger partial charge in [-0.1, -0.05) is 42.5 Å². The van der Waals surface area contributed by atoms with Crippen LogP contribution in [0.2, 0.25) is 0 Å². The molecule has 0 aromatic heterocycles. The molecular formula is C31H38ClF2N2O3-. The van der Waals surface area contributed by atoms with Crippen LogP contribution in [0.4, 0.5) is 8.78 Å². The molecular weight excluding hydrogens is 522 g/mol. The summed E-state index contributed by atoms with van der Waals surface area (Å²) < 4.78 is 40.0. The first-order valence-corrected chi connectivity index (χ1v) is 14.1. The fourth-order valence-electron chi connectivity index (χ4n) is 7.69. The number of hydrogen-bond acceptors (Lipinski definition) is 4. The van der Waals surface area contributed by atoms with Crippen LogP contribution in [-0.4, -0.2) is 56.1 Å². The number of methoxy groups -OCH3 is 1. The van der Waals surface area contributed by atoms with Crippen LogP contribution in [0.15, 0.2) is 48.5 Å². The minimum absolute atomic E-state index is 0. The van der Waals surface area contributed by atoms with Crippen molar-refractivity contribution in [3.8, 4) is 5.75 Å². The molecule has 1 amide bonds. The average Bonchev–Trinajstić information content (AvgIpc) is 3.36. The van der Waals surface area contributed by atoms with E-state index in [1.807, 2.05) is 18.2 Å². The van der Waals surface area contributed by atoms with Gasteiger partial charge in [0.25, 0.3) is 0 Å². The van der Waals surface area contributed by atoms with E-state index in [1.165, 1.54) is 5.56 Å². The normalized spacial score (nSPS) is 30.4. The maximum absolute atomic E-state index is 14.5. The van der Waals surface area contributed by atoms with Crippen LogP contribution in [0.3, 0.4) is 0 Å². The highest BCUT2D eigenvalue weighted by Crippen LogP contribution is 2.47. The van der Waals surface area contributed by atoms with Crippen molar-refractivity contribution in [2.24, 2.45) is 11.8 Å².